The molecule has 0 saturated carbocycles. The van der Waals surface area contributed by atoms with Gasteiger partial charge in [0, 0.05) is 37.7 Å². The van der Waals surface area contributed by atoms with Crippen LogP contribution in [0.2, 0.25) is 0 Å². The average Bonchev–Trinajstić information content (AvgIpc) is 3.21. The number of hydrogen-bond acceptors (Lipinski definition) is 5. The van der Waals surface area contributed by atoms with Crippen LogP contribution in [0.1, 0.15) is 45.2 Å². The van der Waals surface area contributed by atoms with E-state index in [-0.39, 0.29) is 24.0 Å². The summed E-state index contributed by atoms with van der Waals surface area (Å²) in [6.45, 7) is 14.0. The fourth-order valence-corrected chi connectivity index (χ4v) is 3.01. The molecule has 32 heavy (non-hydrogen) atoms. The molecule has 0 bridgehead atoms. The molecule has 1 aromatic rings. The van der Waals surface area contributed by atoms with Crippen molar-refractivity contribution in [3.05, 3.63) is 29.3 Å². The van der Waals surface area contributed by atoms with Gasteiger partial charge in [-0.2, -0.15) is 0 Å². The summed E-state index contributed by atoms with van der Waals surface area (Å²) in [7, 11) is 0. The summed E-state index contributed by atoms with van der Waals surface area (Å²) < 4.78 is 16.8. The molecule has 1 aromatic carbocycles. The molecule has 182 valence electrons. The van der Waals surface area contributed by atoms with E-state index in [9.17, 15) is 4.79 Å². The van der Waals surface area contributed by atoms with E-state index in [0.717, 1.165) is 43.1 Å². The van der Waals surface area contributed by atoms with E-state index in [1.54, 1.807) is 0 Å². The minimum Gasteiger partial charge on any atom is -0.493 e. The second kappa shape index (κ2) is 14.4. The van der Waals surface area contributed by atoms with Crippen LogP contribution in [0.3, 0.4) is 0 Å². The number of rotatable bonds is 9. The second-order valence-corrected chi connectivity index (χ2v) is 8.70. The first-order valence-corrected chi connectivity index (χ1v) is 11.1. The molecule has 8 nitrogen and oxygen atoms in total. The number of aliphatic imine (C=N–C) groups is 1. The molecule has 3 N–H and O–H groups in total. The number of ether oxygens (including phenoxy) is 3. The van der Waals surface area contributed by atoms with Crippen molar-refractivity contribution in [2.45, 2.75) is 53.2 Å². The van der Waals surface area contributed by atoms with Gasteiger partial charge in [-0.15, -0.1) is 24.0 Å². The van der Waals surface area contributed by atoms with E-state index in [1.807, 2.05) is 27.7 Å². The molecule has 2 rings (SSSR count). The van der Waals surface area contributed by atoms with Gasteiger partial charge in [0.25, 0.3) is 0 Å². The van der Waals surface area contributed by atoms with Crippen molar-refractivity contribution in [1.82, 2.24) is 16.0 Å². The van der Waals surface area contributed by atoms with Crippen molar-refractivity contribution < 1.29 is 19.0 Å². The highest BCUT2D eigenvalue weighted by Crippen LogP contribution is 2.23. The largest absolute Gasteiger partial charge is 0.493 e. The Balaban J connectivity index is 0.00000512. The molecule has 1 aliphatic heterocycles. The Morgan fingerprint density at radius 3 is 2.62 bits per heavy atom. The summed E-state index contributed by atoms with van der Waals surface area (Å²) in [6, 6.07) is 6.19. The van der Waals surface area contributed by atoms with Crippen molar-refractivity contribution >= 4 is 36.0 Å². The zero-order valence-electron chi connectivity index (χ0n) is 20.0. The Hall–Kier alpha value is -1.75. The summed E-state index contributed by atoms with van der Waals surface area (Å²) in [5.74, 6) is 2.01. The fraction of sp³-hybridized carbons (Fsp3) is 0.652. The van der Waals surface area contributed by atoms with Gasteiger partial charge >= 0.3 is 6.09 Å². The molecule has 9 heteroatoms. The van der Waals surface area contributed by atoms with Gasteiger partial charge in [0.1, 0.15) is 11.4 Å². The van der Waals surface area contributed by atoms with E-state index in [2.05, 4.69) is 46.1 Å². The number of amides is 1. The van der Waals surface area contributed by atoms with E-state index in [4.69, 9.17) is 14.2 Å². The molecule has 1 atom stereocenters. The highest BCUT2D eigenvalue weighted by Gasteiger charge is 2.17. The van der Waals surface area contributed by atoms with Crippen LogP contribution in [-0.4, -0.2) is 57.1 Å². The smallest absolute Gasteiger partial charge is 0.407 e. The van der Waals surface area contributed by atoms with Crippen molar-refractivity contribution in [1.29, 1.82) is 0 Å². The zero-order valence-corrected chi connectivity index (χ0v) is 22.3. The van der Waals surface area contributed by atoms with Gasteiger partial charge < -0.3 is 30.2 Å². The second-order valence-electron chi connectivity index (χ2n) is 8.70. The lowest BCUT2D eigenvalue weighted by atomic mass is 10.1. The van der Waals surface area contributed by atoms with E-state index in [1.165, 1.54) is 0 Å². The minimum absolute atomic E-state index is 0. The molecule has 0 aromatic heterocycles. The van der Waals surface area contributed by atoms with Crippen molar-refractivity contribution in [3.8, 4) is 5.75 Å². The third-order valence-electron chi connectivity index (χ3n) is 4.56. The van der Waals surface area contributed by atoms with Crippen LogP contribution in [0.4, 0.5) is 4.79 Å². The van der Waals surface area contributed by atoms with Crippen molar-refractivity contribution in [2.24, 2.45) is 10.9 Å². The molecular weight excluding hydrogens is 523 g/mol. The van der Waals surface area contributed by atoms with Crippen LogP contribution in [0.5, 0.6) is 5.75 Å². The predicted octanol–water partition coefficient (Wildman–Crippen LogP) is 3.61. The Kier molecular flexibility index (Phi) is 12.7. The maximum atomic E-state index is 11.7. The molecule has 1 fully saturated rings. The van der Waals surface area contributed by atoms with Gasteiger partial charge in [0.2, 0.25) is 0 Å². The number of carbonyl (C=O) groups excluding carboxylic acids is 1. The standard InChI is InChI=1S/C23H38N4O4.HI/c1-6-24-21(25-10-11-26-22(28)31-23(3,4)5)27-14-19-8-7-17(2)13-20(19)30-16-18-9-12-29-15-18;/h7-8,13,18H,6,9-12,14-16H2,1-5H3,(H,26,28)(H2,24,25,27);1H. The minimum atomic E-state index is -0.507. The molecule has 0 spiro atoms. The Morgan fingerprint density at radius 2 is 1.97 bits per heavy atom. The SMILES string of the molecule is CCNC(=NCc1ccc(C)cc1OCC1CCOC1)NCCNC(=O)OC(C)(C)C.I. The summed E-state index contributed by atoms with van der Waals surface area (Å²) >= 11 is 0. The van der Waals surface area contributed by atoms with Gasteiger partial charge in [0.05, 0.1) is 19.8 Å². The lowest BCUT2D eigenvalue weighted by Gasteiger charge is -2.20. The van der Waals surface area contributed by atoms with Crippen LogP contribution >= 0.6 is 24.0 Å². The number of hydrogen-bond donors (Lipinski definition) is 3. The van der Waals surface area contributed by atoms with Gasteiger partial charge in [-0.3, -0.25) is 0 Å². The van der Waals surface area contributed by atoms with Crippen LogP contribution in [-0.2, 0) is 16.0 Å². The van der Waals surface area contributed by atoms with Crippen LogP contribution in [0.15, 0.2) is 23.2 Å². The lowest BCUT2D eigenvalue weighted by Crippen LogP contribution is -2.42. The zero-order chi connectivity index (χ0) is 22.7. The highest BCUT2D eigenvalue weighted by molar-refractivity contribution is 14.0. The first-order chi connectivity index (χ1) is 14.8. The Labute approximate surface area is 209 Å². The summed E-state index contributed by atoms with van der Waals surface area (Å²) in [4.78, 5) is 16.4. The number of halogens is 1. The van der Waals surface area contributed by atoms with Gasteiger partial charge in [-0.05, 0) is 52.7 Å². The average molecular weight is 562 g/mol. The molecular formula is C23H39IN4O4. The summed E-state index contributed by atoms with van der Waals surface area (Å²) in [5, 5.41) is 9.18. The first kappa shape index (κ1) is 28.3. The number of nitrogens with zero attached hydrogens (tertiary/aromatic N) is 1. The summed E-state index contributed by atoms with van der Waals surface area (Å²) in [6.07, 6.45) is 0.621. The summed E-state index contributed by atoms with van der Waals surface area (Å²) in [5.41, 5.74) is 1.68. The number of aryl methyl sites for hydroxylation is 1. The van der Waals surface area contributed by atoms with E-state index < -0.39 is 11.7 Å². The molecule has 1 heterocycles. The topological polar surface area (TPSA) is 93.2 Å². The number of carbonyl (C=O) groups is 1. The van der Waals surface area contributed by atoms with Gasteiger partial charge in [-0.1, -0.05) is 12.1 Å². The number of alkyl carbamates (subject to hydrolysis) is 1. The molecule has 1 unspecified atom stereocenters. The number of nitrogens with one attached hydrogen (secondary N) is 3. The van der Waals surface area contributed by atoms with E-state index >= 15 is 0 Å². The van der Waals surface area contributed by atoms with Crippen LogP contribution in [0.25, 0.3) is 0 Å². The van der Waals surface area contributed by atoms with Crippen LogP contribution in [0, 0.1) is 12.8 Å². The van der Waals surface area contributed by atoms with Crippen molar-refractivity contribution in [2.75, 3.05) is 39.5 Å². The van der Waals surface area contributed by atoms with Gasteiger partial charge in [-0.25, -0.2) is 9.79 Å². The maximum absolute atomic E-state index is 11.7. The van der Waals surface area contributed by atoms with Crippen molar-refractivity contribution in [3.63, 3.8) is 0 Å². The fourth-order valence-electron chi connectivity index (χ4n) is 3.01. The number of benzene rings is 1. The Morgan fingerprint density at radius 1 is 1.22 bits per heavy atom. The molecule has 1 saturated heterocycles. The lowest BCUT2D eigenvalue weighted by molar-refractivity contribution is 0.0529. The van der Waals surface area contributed by atoms with E-state index in [0.29, 0.717) is 38.1 Å². The maximum Gasteiger partial charge on any atom is 0.407 e. The first-order valence-electron chi connectivity index (χ1n) is 11.1. The quantitative estimate of drug-likeness (QED) is 0.184. The monoisotopic (exact) mass is 562 g/mol. The van der Waals surface area contributed by atoms with Crippen LogP contribution < -0.4 is 20.7 Å². The Bertz CT molecular complexity index is 731. The molecule has 1 amide bonds. The highest BCUT2D eigenvalue weighted by atomic mass is 127. The molecule has 0 radical (unpaired) electrons. The normalized spacial score (nSPS) is 16.2. The third kappa shape index (κ3) is 11.2. The third-order valence-corrected chi connectivity index (χ3v) is 4.56. The molecule has 0 aliphatic carbocycles. The predicted molar refractivity (Wildman–Crippen MR) is 138 cm³/mol. The van der Waals surface area contributed by atoms with Gasteiger partial charge in [0.15, 0.2) is 5.96 Å². The number of guanidine groups is 1. The molecule has 1 aliphatic rings.